The number of alkyl halides is 1. The first-order valence-electron chi connectivity index (χ1n) is 6.74. The molecule has 1 aromatic carbocycles. The van der Waals surface area contributed by atoms with Crippen LogP contribution >= 0.6 is 11.6 Å². The van der Waals surface area contributed by atoms with E-state index in [1.165, 1.54) is 5.56 Å². The Morgan fingerprint density at radius 3 is 2.43 bits per heavy atom. The number of benzene rings is 1. The number of nitrogens with zero attached hydrogens (tertiary/aromatic N) is 3. The van der Waals surface area contributed by atoms with Crippen LogP contribution in [0.25, 0.3) is 16.9 Å². The minimum absolute atomic E-state index is 0.216. The van der Waals surface area contributed by atoms with Gasteiger partial charge in [0.25, 0.3) is 0 Å². The molecule has 1 unspecified atom stereocenters. The summed E-state index contributed by atoms with van der Waals surface area (Å²) in [5, 5.41) is -0.216. The molecule has 0 aliphatic rings. The molecule has 0 spiro atoms. The number of pyridine rings is 1. The number of fused-ring (bicyclic) bond motifs is 1. The second kappa shape index (κ2) is 5.37. The molecule has 108 valence electrons. The Balaban J connectivity index is 2.30. The summed E-state index contributed by atoms with van der Waals surface area (Å²) < 4.78 is 7.20. The lowest BCUT2D eigenvalue weighted by Crippen LogP contribution is -2.03. The molecule has 0 amide bonds. The third-order valence-corrected chi connectivity index (χ3v) is 3.56. The van der Waals surface area contributed by atoms with Gasteiger partial charge in [0.05, 0.1) is 12.5 Å². The third-order valence-electron chi connectivity index (χ3n) is 3.36. The van der Waals surface area contributed by atoms with E-state index in [9.17, 15) is 0 Å². The van der Waals surface area contributed by atoms with Crippen molar-refractivity contribution in [3.05, 3.63) is 47.8 Å². The van der Waals surface area contributed by atoms with Gasteiger partial charge < -0.3 is 4.74 Å². The van der Waals surface area contributed by atoms with Crippen LogP contribution in [-0.2, 0) is 0 Å². The number of hydrogen-bond donors (Lipinski definition) is 0. The molecule has 0 radical (unpaired) electrons. The first-order valence-corrected chi connectivity index (χ1v) is 7.18. The van der Waals surface area contributed by atoms with Crippen LogP contribution in [0.2, 0.25) is 0 Å². The summed E-state index contributed by atoms with van der Waals surface area (Å²) in [5.41, 5.74) is 3.75. The third kappa shape index (κ3) is 2.47. The van der Waals surface area contributed by atoms with Gasteiger partial charge in [0.15, 0.2) is 5.65 Å². The molecule has 1 atom stereocenters. The number of imidazole rings is 1. The van der Waals surface area contributed by atoms with E-state index in [4.69, 9.17) is 16.3 Å². The molecule has 0 aliphatic carbocycles. The fourth-order valence-corrected chi connectivity index (χ4v) is 2.43. The lowest BCUT2D eigenvalue weighted by Gasteiger charge is -2.10. The lowest BCUT2D eigenvalue weighted by atomic mass is 10.2. The molecule has 0 aliphatic heterocycles. The van der Waals surface area contributed by atoms with Crippen molar-refractivity contribution in [1.82, 2.24) is 14.5 Å². The molecule has 2 aromatic heterocycles. The van der Waals surface area contributed by atoms with Gasteiger partial charge in [-0.05, 0) is 32.0 Å². The van der Waals surface area contributed by atoms with Crippen LogP contribution in [0.1, 0.15) is 23.7 Å². The summed E-state index contributed by atoms with van der Waals surface area (Å²) >= 11 is 6.29. The fourth-order valence-electron chi connectivity index (χ4n) is 2.29. The van der Waals surface area contributed by atoms with Crippen LogP contribution in [0.3, 0.4) is 0 Å². The van der Waals surface area contributed by atoms with Crippen molar-refractivity contribution < 1.29 is 4.74 Å². The number of ether oxygens (including phenoxy) is 1. The Morgan fingerprint density at radius 2 is 1.81 bits per heavy atom. The first-order chi connectivity index (χ1) is 10.1. The molecule has 0 saturated carbocycles. The highest BCUT2D eigenvalue weighted by Gasteiger charge is 2.17. The van der Waals surface area contributed by atoms with Crippen LogP contribution in [0.5, 0.6) is 5.88 Å². The SMILES string of the molecule is COc1ccc2nc(C(C)Cl)n(-c3ccc(C)cc3)c2n1. The van der Waals surface area contributed by atoms with Crippen LogP contribution in [0.4, 0.5) is 0 Å². The topological polar surface area (TPSA) is 39.9 Å². The molecular weight excluding hydrogens is 286 g/mol. The van der Waals surface area contributed by atoms with Crippen molar-refractivity contribution in [2.24, 2.45) is 0 Å². The molecule has 0 N–H and O–H groups in total. The van der Waals surface area contributed by atoms with Crippen molar-refractivity contribution in [2.75, 3.05) is 7.11 Å². The van der Waals surface area contributed by atoms with Gasteiger partial charge in [0.1, 0.15) is 11.3 Å². The van der Waals surface area contributed by atoms with Gasteiger partial charge in [-0.15, -0.1) is 11.6 Å². The molecule has 21 heavy (non-hydrogen) atoms. The van der Waals surface area contributed by atoms with Gasteiger partial charge in [-0.2, -0.15) is 4.98 Å². The molecule has 3 aromatic rings. The fraction of sp³-hybridized carbons (Fsp3) is 0.250. The van der Waals surface area contributed by atoms with Crippen molar-refractivity contribution in [2.45, 2.75) is 19.2 Å². The van der Waals surface area contributed by atoms with E-state index < -0.39 is 0 Å². The number of hydrogen-bond acceptors (Lipinski definition) is 3. The maximum atomic E-state index is 6.29. The minimum Gasteiger partial charge on any atom is -0.481 e. The van der Waals surface area contributed by atoms with Gasteiger partial charge in [0.2, 0.25) is 5.88 Å². The number of aromatic nitrogens is 3. The summed E-state index contributed by atoms with van der Waals surface area (Å²) in [6.07, 6.45) is 0. The van der Waals surface area contributed by atoms with E-state index in [-0.39, 0.29) is 5.38 Å². The number of rotatable bonds is 3. The molecular formula is C16H16ClN3O. The van der Waals surface area contributed by atoms with Crippen LogP contribution in [-0.4, -0.2) is 21.6 Å². The Morgan fingerprint density at radius 1 is 1.10 bits per heavy atom. The largest absolute Gasteiger partial charge is 0.481 e. The monoisotopic (exact) mass is 301 g/mol. The van der Waals surface area contributed by atoms with Crippen molar-refractivity contribution in [3.8, 4) is 11.6 Å². The maximum absolute atomic E-state index is 6.29. The van der Waals surface area contributed by atoms with Crippen LogP contribution < -0.4 is 4.74 Å². The first kappa shape index (κ1) is 13.9. The predicted molar refractivity (Wildman–Crippen MR) is 84.4 cm³/mol. The Labute approximate surface area is 128 Å². The zero-order chi connectivity index (χ0) is 15.0. The minimum atomic E-state index is -0.216. The highest BCUT2D eigenvalue weighted by molar-refractivity contribution is 6.20. The number of halogens is 1. The number of methoxy groups -OCH3 is 1. The average Bonchev–Trinajstić information content (AvgIpc) is 2.86. The van der Waals surface area contributed by atoms with Crippen LogP contribution in [0.15, 0.2) is 36.4 Å². The molecule has 0 bridgehead atoms. The quantitative estimate of drug-likeness (QED) is 0.686. The van der Waals surface area contributed by atoms with E-state index in [0.717, 1.165) is 22.7 Å². The maximum Gasteiger partial charge on any atom is 0.215 e. The average molecular weight is 302 g/mol. The molecule has 5 heteroatoms. The molecule has 3 rings (SSSR count). The van der Waals surface area contributed by atoms with Crippen molar-refractivity contribution in [1.29, 1.82) is 0 Å². The summed E-state index contributed by atoms with van der Waals surface area (Å²) in [6.45, 7) is 3.97. The normalized spacial score (nSPS) is 12.6. The molecule has 0 fully saturated rings. The zero-order valence-electron chi connectivity index (χ0n) is 12.2. The molecule has 0 saturated heterocycles. The lowest BCUT2D eigenvalue weighted by molar-refractivity contribution is 0.399. The summed E-state index contributed by atoms with van der Waals surface area (Å²) in [4.78, 5) is 9.11. The standard InChI is InChI=1S/C16H16ClN3O/c1-10-4-6-12(7-5-10)20-15(11(2)17)18-13-8-9-14(21-3)19-16(13)20/h4-9,11H,1-3H3. The smallest absolute Gasteiger partial charge is 0.215 e. The van der Waals surface area contributed by atoms with E-state index >= 15 is 0 Å². The zero-order valence-corrected chi connectivity index (χ0v) is 12.9. The van der Waals surface area contributed by atoms with Crippen LogP contribution in [0, 0.1) is 6.92 Å². The number of aryl methyl sites for hydroxylation is 1. The predicted octanol–water partition coefficient (Wildman–Crippen LogP) is 4.04. The van der Waals surface area contributed by atoms with E-state index in [2.05, 4.69) is 29.0 Å². The molecule has 2 heterocycles. The van der Waals surface area contributed by atoms with Gasteiger partial charge in [-0.25, -0.2) is 4.98 Å². The summed E-state index contributed by atoms with van der Waals surface area (Å²) in [7, 11) is 1.60. The van der Waals surface area contributed by atoms with E-state index in [0.29, 0.717) is 5.88 Å². The highest BCUT2D eigenvalue weighted by Crippen LogP contribution is 2.28. The Bertz CT molecular complexity index is 778. The van der Waals surface area contributed by atoms with E-state index in [1.54, 1.807) is 13.2 Å². The second-order valence-corrected chi connectivity index (χ2v) is 5.61. The van der Waals surface area contributed by atoms with Gasteiger partial charge >= 0.3 is 0 Å². The Hall–Kier alpha value is -2.07. The summed E-state index contributed by atoms with van der Waals surface area (Å²) in [5.74, 6) is 1.33. The van der Waals surface area contributed by atoms with Gasteiger partial charge in [-0.1, -0.05) is 17.7 Å². The van der Waals surface area contributed by atoms with Crippen molar-refractivity contribution in [3.63, 3.8) is 0 Å². The van der Waals surface area contributed by atoms with Crippen molar-refractivity contribution >= 4 is 22.8 Å². The molecule has 4 nitrogen and oxygen atoms in total. The summed E-state index contributed by atoms with van der Waals surface area (Å²) in [6, 6.07) is 11.9. The van der Waals surface area contributed by atoms with Gasteiger partial charge in [0, 0.05) is 11.8 Å². The van der Waals surface area contributed by atoms with Gasteiger partial charge in [-0.3, -0.25) is 4.57 Å². The highest BCUT2D eigenvalue weighted by atomic mass is 35.5. The second-order valence-electron chi connectivity index (χ2n) is 4.95. The Kier molecular flexibility index (Phi) is 3.55. The van der Waals surface area contributed by atoms with E-state index in [1.807, 2.05) is 29.7 Å².